The van der Waals surface area contributed by atoms with Crippen LogP contribution in [-0.4, -0.2) is 37.2 Å². The van der Waals surface area contributed by atoms with Gasteiger partial charge in [-0.1, -0.05) is 225 Å². The molecule has 0 bridgehead atoms. The first-order chi connectivity index (χ1) is 34.5. The molecular weight excluding hydrogens is 865 g/mol. The summed E-state index contributed by atoms with van der Waals surface area (Å²) >= 11 is 0. The van der Waals surface area contributed by atoms with Crippen molar-refractivity contribution < 1.29 is 28.6 Å². The zero-order valence-corrected chi connectivity index (χ0v) is 45.0. The van der Waals surface area contributed by atoms with Gasteiger partial charge in [-0.15, -0.1) is 0 Å². The fourth-order valence-electron chi connectivity index (χ4n) is 7.22. The zero-order chi connectivity index (χ0) is 50.7. The molecule has 0 rings (SSSR count). The molecule has 0 saturated heterocycles. The van der Waals surface area contributed by atoms with Crippen molar-refractivity contribution in [2.24, 2.45) is 0 Å². The highest BCUT2D eigenvalue weighted by atomic mass is 16.6. The van der Waals surface area contributed by atoms with Gasteiger partial charge in [-0.05, 0) is 122 Å². The van der Waals surface area contributed by atoms with Gasteiger partial charge in [0.2, 0.25) is 0 Å². The minimum atomic E-state index is -0.825. The summed E-state index contributed by atoms with van der Waals surface area (Å²) in [6.45, 7) is 6.29. The van der Waals surface area contributed by atoms with E-state index in [0.717, 1.165) is 128 Å². The number of unbranched alkanes of at least 4 members (excludes halogenated alkanes) is 16. The topological polar surface area (TPSA) is 78.9 Å². The van der Waals surface area contributed by atoms with Crippen LogP contribution in [0.4, 0.5) is 0 Å². The van der Waals surface area contributed by atoms with E-state index < -0.39 is 6.10 Å². The fraction of sp³-hybridized carbons (Fsp3) is 0.609. The molecule has 0 aliphatic rings. The van der Waals surface area contributed by atoms with E-state index in [1.165, 1.54) is 57.8 Å². The molecule has 394 valence electrons. The van der Waals surface area contributed by atoms with Gasteiger partial charge in [0.1, 0.15) is 13.2 Å². The molecule has 0 aliphatic heterocycles. The Morgan fingerprint density at radius 3 is 0.957 bits per heavy atom. The monoisotopic (exact) mass is 967 g/mol. The minimum absolute atomic E-state index is 0.118. The maximum absolute atomic E-state index is 12.8. The van der Waals surface area contributed by atoms with E-state index in [1.54, 1.807) is 0 Å². The largest absolute Gasteiger partial charge is 0.462 e. The van der Waals surface area contributed by atoms with E-state index in [9.17, 15) is 14.4 Å². The predicted octanol–water partition coefficient (Wildman–Crippen LogP) is 19.0. The van der Waals surface area contributed by atoms with Crippen molar-refractivity contribution in [1.29, 1.82) is 0 Å². The Hall–Kier alpha value is -4.45. The first-order valence-corrected chi connectivity index (χ1v) is 28.2. The quantitative estimate of drug-likeness (QED) is 0.0262. The number of rotatable bonds is 49. The van der Waals surface area contributed by atoms with E-state index in [0.29, 0.717) is 19.3 Å². The fourth-order valence-corrected chi connectivity index (χ4v) is 7.22. The number of carbonyl (C=O) groups is 3. The van der Waals surface area contributed by atoms with Crippen molar-refractivity contribution in [2.75, 3.05) is 13.2 Å². The summed E-state index contributed by atoms with van der Waals surface area (Å²) in [5.41, 5.74) is 0. The molecule has 1 unspecified atom stereocenters. The second-order valence-corrected chi connectivity index (χ2v) is 18.1. The molecule has 0 saturated carbocycles. The lowest BCUT2D eigenvalue weighted by atomic mass is 10.1. The van der Waals surface area contributed by atoms with Gasteiger partial charge in [-0.3, -0.25) is 14.4 Å². The Morgan fingerprint density at radius 1 is 0.300 bits per heavy atom. The molecule has 0 aliphatic carbocycles. The van der Waals surface area contributed by atoms with Gasteiger partial charge in [0, 0.05) is 19.3 Å². The van der Waals surface area contributed by atoms with Crippen molar-refractivity contribution >= 4 is 17.9 Å². The maximum Gasteiger partial charge on any atom is 0.306 e. The van der Waals surface area contributed by atoms with Crippen LogP contribution in [-0.2, 0) is 28.6 Å². The summed E-state index contributed by atoms with van der Waals surface area (Å²) in [6, 6.07) is 0. The van der Waals surface area contributed by atoms with Gasteiger partial charge in [0.05, 0.1) is 0 Å². The molecule has 0 N–H and O–H groups in total. The van der Waals surface area contributed by atoms with E-state index in [1.807, 2.05) is 12.2 Å². The van der Waals surface area contributed by atoms with Crippen LogP contribution >= 0.6 is 0 Å². The first-order valence-electron chi connectivity index (χ1n) is 28.2. The number of hydrogen-bond donors (Lipinski definition) is 0. The standard InChI is InChI=1S/C64H102O6/c1-4-7-10-13-16-19-22-25-27-29-31-32-33-35-36-39-42-45-48-51-54-57-63(66)69-60-61(59-68-62(65)56-53-50-47-44-41-38-24-21-18-15-12-9-6-3)70-64(67)58-55-52-49-46-43-40-37-34-30-28-26-23-20-17-14-11-8-5-2/h7,9-10,12,16,18-21,23,25,27-28,30-32,35-36,38,41,47,50,61H,4-6,8,11,13-15,17,22,24,26,29,33-34,37,39-40,42-46,48-49,51-60H2,1-3H3/b10-7-,12-9-,19-16-,21-18-,23-20-,27-25-,30-28-,32-31-,36-35-,41-38-,50-47-. The second kappa shape index (κ2) is 57.1. The molecule has 0 aromatic heterocycles. The highest BCUT2D eigenvalue weighted by Crippen LogP contribution is 2.13. The molecule has 0 fully saturated rings. The third-order valence-electron chi connectivity index (χ3n) is 11.4. The first kappa shape index (κ1) is 65.5. The summed E-state index contributed by atoms with van der Waals surface area (Å²) in [5, 5.41) is 0. The number of carbonyl (C=O) groups excluding carboxylic acids is 3. The van der Waals surface area contributed by atoms with Crippen LogP contribution in [0, 0.1) is 0 Å². The average Bonchev–Trinajstić information content (AvgIpc) is 3.36. The Bertz CT molecular complexity index is 1530. The van der Waals surface area contributed by atoms with Crippen LogP contribution in [0.25, 0.3) is 0 Å². The molecular formula is C64H102O6. The highest BCUT2D eigenvalue weighted by Gasteiger charge is 2.19. The van der Waals surface area contributed by atoms with Crippen molar-refractivity contribution in [1.82, 2.24) is 0 Å². The molecule has 6 heteroatoms. The molecule has 0 radical (unpaired) electrons. The third kappa shape index (κ3) is 54.5. The Morgan fingerprint density at radius 2 is 0.586 bits per heavy atom. The molecule has 70 heavy (non-hydrogen) atoms. The summed E-state index contributed by atoms with van der Waals surface area (Å²) in [6.07, 6.45) is 80.2. The highest BCUT2D eigenvalue weighted by molar-refractivity contribution is 5.71. The molecule has 0 amide bonds. The maximum atomic E-state index is 12.8. The second-order valence-electron chi connectivity index (χ2n) is 18.1. The Labute approximate surface area is 430 Å². The minimum Gasteiger partial charge on any atom is -0.462 e. The SMILES string of the molecule is CC/C=C\C/C=C\C/C=C\C/C=C\C/C=C\CCCCCCCC(=O)OCC(COC(=O)CC/C=C\C/C=C\C/C=C\C/C=C\CC)OC(=O)CCCCCCCCC/C=C\C/C=C\CCCCCC. The lowest BCUT2D eigenvalue weighted by molar-refractivity contribution is -0.166. The molecule has 6 nitrogen and oxygen atoms in total. The van der Waals surface area contributed by atoms with Crippen LogP contribution in [0.3, 0.4) is 0 Å². The molecule has 1 atom stereocenters. The Balaban J connectivity index is 4.50. The van der Waals surface area contributed by atoms with E-state index >= 15 is 0 Å². The van der Waals surface area contributed by atoms with E-state index in [2.05, 4.69) is 142 Å². The number of hydrogen-bond acceptors (Lipinski definition) is 6. The number of esters is 3. The third-order valence-corrected chi connectivity index (χ3v) is 11.4. The smallest absolute Gasteiger partial charge is 0.306 e. The van der Waals surface area contributed by atoms with Crippen LogP contribution in [0.15, 0.2) is 134 Å². The van der Waals surface area contributed by atoms with Gasteiger partial charge in [0.25, 0.3) is 0 Å². The number of allylic oxidation sites excluding steroid dienone is 22. The van der Waals surface area contributed by atoms with Gasteiger partial charge in [0.15, 0.2) is 6.10 Å². The van der Waals surface area contributed by atoms with E-state index in [-0.39, 0.29) is 37.5 Å². The Kier molecular flexibility index (Phi) is 53.5. The zero-order valence-electron chi connectivity index (χ0n) is 45.0. The van der Waals surface area contributed by atoms with Crippen LogP contribution in [0.1, 0.15) is 233 Å². The van der Waals surface area contributed by atoms with Crippen molar-refractivity contribution in [2.45, 2.75) is 239 Å². The molecule has 0 heterocycles. The summed E-state index contributed by atoms with van der Waals surface area (Å²) in [4.78, 5) is 38.1. The van der Waals surface area contributed by atoms with Crippen LogP contribution < -0.4 is 0 Å². The average molecular weight is 968 g/mol. The summed E-state index contributed by atoms with van der Waals surface area (Å²) in [5.74, 6) is -1.03. The normalized spacial score (nSPS) is 13.1. The molecule has 0 spiro atoms. The summed E-state index contributed by atoms with van der Waals surface area (Å²) in [7, 11) is 0. The predicted molar refractivity (Wildman–Crippen MR) is 302 cm³/mol. The van der Waals surface area contributed by atoms with Crippen molar-refractivity contribution in [3.05, 3.63) is 134 Å². The van der Waals surface area contributed by atoms with Crippen molar-refractivity contribution in [3.8, 4) is 0 Å². The van der Waals surface area contributed by atoms with Gasteiger partial charge in [-0.2, -0.15) is 0 Å². The van der Waals surface area contributed by atoms with Gasteiger partial charge in [-0.25, -0.2) is 0 Å². The molecule has 0 aromatic carbocycles. The van der Waals surface area contributed by atoms with Gasteiger partial charge >= 0.3 is 17.9 Å². The van der Waals surface area contributed by atoms with Crippen LogP contribution in [0.2, 0.25) is 0 Å². The van der Waals surface area contributed by atoms with Gasteiger partial charge < -0.3 is 14.2 Å². The number of ether oxygens (including phenoxy) is 3. The van der Waals surface area contributed by atoms with Crippen LogP contribution in [0.5, 0.6) is 0 Å². The summed E-state index contributed by atoms with van der Waals surface area (Å²) < 4.78 is 16.8. The molecule has 0 aromatic rings. The van der Waals surface area contributed by atoms with E-state index in [4.69, 9.17) is 14.2 Å². The lowest BCUT2D eigenvalue weighted by Crippen LogP contribution is -2.30. The van der Waals surface area contributed by atoms with Crippen molar-refractivity contribution in [3.63, 3.8) is 0 Å². The lowest BCUT2D eigenvalue weighted by Gasteiger charge is -2.18.